The van der Waals surface area contributed by atoms with Gasteiger partial charge in [-0.1, -0.05) is 32.4 Å². The third kappa shape index (κ3) is 1.86. The predicted octanol–water partition coefficient (Wildman–Crippen LogP) is 3.39. The highest BCUT2D eigenvalue weighted by molar-refractivity contribution is 4.94. The number of hydrogen-bond donors (Lipinski definition) is 0. The molecule has 10 heavy (non-hydrogen) atoms. The highest BCUT2D eigenvalue weighted by Crippen LogP contribution is 2.25. The van der Waals surface area contributed by atoms with Gasteiger partial charge in [0.05, 0.1) is 0 Å². The molecule has 1 aliphatic carbocycles. The van der Waals surface area contributed by atoms with Gasteiger partial charge in [-0.25, -0.2) is 0 Å². The molecule has 0 spiro atoms. The SMILES string of the molecule is CC[C@H](C)[C@@H]1C=CCCC1. The first-order valence-electron chi connectivity index (χ1n) is 4.51. The average Bonchev–Trinajstić information content (AvgIpc) is 2.05. The maximum Gasteiger partial charge on any atom is -0.0208 e. The molecule has 0 N–H and O–H groups in total. The highest BCUT2D eigenvalue weighted by Gasteiger charge is 2.13. The van der Waals surface area contributed by atoms with Crippen LogP contribution in [0.4, 0.5) is 0 Å². The lowest BCUT2D eigenvalue weighted by atomic mass is 9.84. The fourth-order valence-electron chi connectivity index (χ4n) is 1.62. The van der Waals surface area contributed by atoms with Crippen LogP contribution < -0.4 is 0 Å². The molecule has 1 rings (SSSR count). The maximum absolute atomic E-state index is 2.41. The summed E-state index contributed by atoms with van der Waals surface area (Å²) in [5, 5.41) is 0. The lowest BCUT2D eigenvalue weighted by molar-refractivity contribution is 0.375. The lowest BCUT2D eigenvalue weighted by Crippen LogP contribution is -2.10. The highest BCUT2D eigenvalue weighted by atomic mass is 14.2. The molecule has 1 aliphatic rings. The molecule has 0 saturated heterocycles. The largest absolute Gasteiger partial charge is 0.0882 e. The Labute approximate surface area is 64.3 Å². The first-order valence-corrected chi connectivity index (χ1v) is 4.51. The van der Waals surface area contributed by atoms with E-state index in [1.165, 1.54) is 25.7 Å². The van der Waals surface area contributed by atoms with Crippen molar-refractivity contribution in [3.05, 3.63) is 12.2 Å². The van der Waals surface area contributed by atoms with E-state index in [1.807, 2.05) is 0 Å². The summed E-state index contributed by atoms with van der Waals surface area (Å²) < 4.78 is 0. The monoisotopic (exact) mass is 138 g/mol. The van der Waals surface area contributed by atoms with Gasteiger partial charge in [-0.3, -0.25) is 0 Å². The topological polar surface area (TPSA) is 0 Å². The Morgan fingerprint density at radius 3 is 2.90 bits per heavy atom. The Kier molecular flexibility index (Phi) is 2.98. The van der Waals surface area contributed by atoms with Crippen LogP contribution >= 0.6 is 0 Å². The van der Waals surface area contributed by atoms with Crippen LogP contribution in [0.1, 0.15) is 39.5 Å². The molecule has 0 nitrogen and oxygen atoms in total. The Hall–Kier alpha value is -0.260. The molecule has 0 heterocycles. The molecule has 0 aromatic carbocycles. The summed E-state index contributed by atoms with van der Waals surface area (Å²) >= 11 is 0. The molecule has 0 radical (unpaired) electrons. The standard InChI is InChI=1S/C10H18/c1-3-9(2)10-7-5-4-6-8-10/h5,7,9-10H,3-4,6,8H2,1-2H3/t9-,10+/m0/s1. The van der Waals surface area contributed by atoms with Gasteiger partial charge in [0.25, 0.3) is 0 Å². The van der Waals surface area contributed by atoms with Crippen LogP contribution in [0.5, 0.6) is 0 Å². The molecule has 0 bridgehead atoms. The van der Waals surface area contributed by atoms with E-state index in [9.17, 15) is 0 Å². The predicted molar refractivity (Wildman–Crippen MR) is 45.9 cm³/mol. The third-order valence-corrected chi connectivity index (χ3v) is 2.67. The van der Waals surface area contributed by atoms with Crippen LogP contribution in [-0.2, 0) is 0 Å². The van der Waals surface area contributed by atoms with E-state index in [1.54, 1.807) is 0 Å². The van der Waals surface area contributed by atoms with E-state index in [-0.39, 0.29) is 0 Å². The van der Waals surface area contributed by atoms with E-state index in [4.69, 9.17) is 0 Å². The Balaban J connectivity index is 2.38. The third-order valence-electron chi connectivity index (χ3n) is 2.67. The molecule has 58 valence electrons. The van der Waals surface area contributed by atoms with E-state index < -0.39 is 0 Å². The fourth-order valence-corrected chi connectivity index (χ4v) is 1.62. The van der Waals surface area contributed by atoms with Gasteiger partial charge in [-0.2, -0.15) is 0 Å². The van der Waals surface area contributed by atoms with E-state index >= 15 is 0 Å². The van der Waals surface area contributed by atoms with E-state index in [0.717, 1.165) is 11.8 Å². The van der Waals surface area contributed by atoms with Crippen molar-refractivity contribution in [1.82, 2.24) is 0 Å². The van der Waals surface area contributed by atoms with Crippen molar-refractivity contribution in [2.45, 2.75) is 39.5 Å². The van der Waals surface area contributed by atoms with Crippen molar-refractivity contribution in [2.24, 2.45) is 11.8 Å². The molecule has 0 aromatic heterocycles. The van der Waals surface area contributed by atoms with Gasteiger partial charge in [-0.15, -0.1) is 0 Å². The average molecular weight is 138 g/mol. The van der Waals surface area contributed by atoms with E-state index in [2.05, 4.69) is 26.0 Å². The summed E-state index contributed by atoms with van der Waals surface area (Å²) in [5.41, 5.74) is 0. The van der Waals surface area contributed by atoms with Crippen molar-refractivity contribution in [3.8, 4) is 0 Å². The first kappa shape index (κ1) is 7.84. The van der Waals surface area contributed by atoms with Gasteiger partial charge in [0.15, 0.2) is 0 Å². The zero-order valence-corrected chi connectivity index (χ0v) is 7.14. The number of hydrogen-bond acceptors (Lipinski definition) is 0. The van der Waals surface area contributed by atoms with E-state index in [0.29, 0.717) is 0 Å². The van der Waals surface area contributed by atoms with Crippen molar-refractivity contribution in [1.29, 1.82) is 0 Å². The fraction of sp³-hybridized carbons (Fsp3) is 0.800. The second-order valence-electron chi connectivity index (χ2n) is 3.41. The molecule has 0 saturated carbocycles. The van der Waals surface area contributed by atoms with Crippen molar-refractivity contribution >= 4 is 0 Å². The molecular weight excluding hydrogens is 120 g/mol. The smallest absolute Gasteiger partial charge is 0.0208 e. The van der Waals surface area contributed by atoms with Crippen LogP contribution in [0.2, 0.25) is 0 Å². The molecule has 2 atom stereocenters. The summed E-state index contributed by atoms with van der Waals surface area (Å²) in [7, 11) is 0. The van der Waals surface area contributed by atoms with Gasteiger partial charge < -0.3 is 0 Å². The zero-order valence-electron chi connectivity index (χ0n) is 7.14. The lowest BCUT2D eigenvalue weighted by Gasteiger charge is -2.21. The first-order chi connectivity index (χ1) is 4.84. The van der Waals surface area contributed by atoms with Crippen molar-refractivity contribution in [2.75, 3.05) is 0 Å². The maximum atomic E-state index is 2.41. The number of allylic oxidation sites excluding steroid dienone is 2. The summed E-state index contributed by atoms with van der Waals surface area (Å²) in [5.74, 6) is 1.79. The summed E-state index contributed by atoms with van der Waals surface area (Å²) in [6.45, 7) is 4.65. The molecule has 0 heteroatoms. The van der Waals surface area contributed by atoms with Crippen molar-refractivity contribution < 1.29 is 0 Å². The molecule has 0 aromatic rings. The molecular formula is C10H18. The minimum absolute atomic E-state index is 0.888. The Morgan fingerprint density at radius 1 is 1.60 bits per heavy atom. The summed E-state index contributed by atoms with van der Waals surface area (Å²) in [4.78, 5) is 0. The van der Waals surface area contributed by atoms with Crippen molar-refractivity contribution in [3.63, 3.8) is 0 Å². The molecule has 0 fully saturated rings. The molecule has 0 unspecified atom stereocenters. The molecule has 0 aliphatic heterocycles. The second kappa shape index (κ2) is 3.80. The number of rotatable bonds is 2. The minimum atomic E-state index is 0.888. The summed E-state index contributed by atoms with van der Waals surface area (Å²) in [6.07, 6.45) is 10.2. The normalized spacial score (nSPS) is 28.4. The van der Waals surface area contributed by atoms with Crippen LogP contribution in [0.3, 0.4) is 0 Å². The van der Waals surface area contributed by atoms with Gasteiger partial charge in [0, 0.05) is 0 Å². The van der Waals surface area contributed by atoms with Crippen LogP contribution in [0, 0.1) is 11.8 Å². The minimum Gasteiger partial charge on any atom is -0.0882 e. The van der Waals surface area contributed by atoms with Gasteiger partial charge in [0.2, 0.25) is 0 Å². The van der Waals surface area contributed by atoms with Gasteiger partial charge in [-0.05, 0) is 31.1 Å². The quantitative estimate of drug-likeness (QED) is 0.513. The Morgan fingerprint density at radius 2 is 2.40 bits per heavy atom. The molecule has 0 amide bonds. The summed E-state index contributed by atoms with van der Waals surface area (Å²) in [6, 6.07) is 0. The zero-order chi connectivity index (χ0) is 7.40. The van der Waals surface area contributed by atoms with Crippen LogP contribution in [-0.4, -0.2) is 0 Å². The van der Waals surface area contributed by atoms with Gasteiger partial charge in [0.1, 0.15) is 0 Å². The van der Waals surface area contributed by atoms with Crippen LogP contribution in [0.15, 0.2) is 12.2 Å². The Bertz CT molecular complexity index is 113. The second-order valence-corrected chi connectivity index (χ2v) is 3.41. The van der Waals surface area contributed by atoms with Gasteiger partial charge >= 0.3 is 0 Å². The van der Waals surface area contributed by atoms with Crippen LogP contribution in [0.25, 0.3) is 0 Å².